The van der Waals surface area contributed by atoms with Crippen molar-refractivity contribution in [2.24, 2.45) is 0 Å². The Balaban J connectivity index is 1.30. The molecule has 0 saturated carbocycles. The van der Waals surface area contributed by atoms with Gasteiger partial charge in [0.05, 0.1) is 11.4 Å². The largest absolute Gasteiger partial charge is 0.339 e. The molecule has 0 unspecified atom stereocenters. The molecule has 2 aromatic carbocycles. The summed E-state index contributed by atoms with van der Waals surface area (Å²) in [6, 6.07) is 19.8. The van der Waals surface area contributed by atoms with E-state index in [0.29, 0.717) is 23.5 Å². The Bertz CT molecular complexity index is 1400. The van der Waals surface area contributed by atoms with E-state index in [4.69, 9.17) is 0 Å². The van der Waals surface area contributed by atoms with E-state index in [1.807, 2.05) is 30.3 Å². The molecule has 170 valence electrons. The lowest BCUT2D eigenvalue weighted by Crippen LogP contribution is -2.21. The SMILES string of the molecule is Cc1nc(-c2ccncc2)[nH]c(=O)c1CCC(=O)Nc1ccccc1N1CCc2ccccc21. The second-order valence-corrected chi connectivity index (χ2v) is 8.31. The highest BCUT2D eigenvalue weighted by molar-refractivity contribution is 5.95. The summed E-state index contributed by atoms with van der Waals surface area (Å²) in [6.07, 6.45) is 4.78. The molecule has 1 aliphatic rings. The first-order chi connectivity index (χ1) is 16.6. The van der Waals surface area contributed by atoms with Gasteiger partial charge in [0.1, 0.15) is 5.82 Å². The van der Waals surface area contributed by atoms with Crippen molar-refractivity contribution < 1.29 is 4.79 Å². The molecule has 7 nitrogen and oxygen atoms in total. The lowest BCUT2D eigenvalue weighted by atomic mass is 10.1. The summed E-state index contributed by atoms with van der Waals surface area (Å²) in [5.74, 6) is 0.356. The Kier molecular flexibility index (Phi) is 5.91. The maximum atomic E-state index is 12.8. The number of aromatic amines is 1. The minimum absolute atomic E-state index is 0.142. The number of carbonyl (C=O) groups excluding carboxylic acids is 1. The maximum absolute atomic E-state index is 12.8. The molecule has 0 fully saturated rings. The van der Waals surface area contributed by atoms with Crippen molar-refractivity contribution in [1.82, 2.24) is 15.0 Å². The topological polar surface area (TPSA) is 91.0 Å². The number of aryl methyl sites for hydroxylation is 1. The number of amides is 1. The first kappa shape index (κ1) is 21.6. The number of hydrogen-bond donors (Lipinski definition) is 2. The van der Waals surface area contributed by atoms with E-state index in [2.05, 4.69) is 43.4 Å². The minimum Gasteiger partial charge on any atom is -0.339 e. The molecule has 0 aliphatic carbocycles. The molecule has 5 rings (SSSR count). The summed E-state index contributed by atoms with van der Waals surface area (Å²) >= 11 is 0. The zero-order valence-electron chi connectivity index (χ0n) is 18.9. The lowest BCUT2D eigenvalue weighted by molar-refractivity contribution is -0.116. The molecule has 0 atom stereocenters. The fourth-order valence-corrected chi connectivity index (χ4v) is 4.41. The summed E-state index contributed by atoms with van der Waals surface area (Å²) in [5.41, 5.74) is 5.93. The second kappa shape index (κ2) is 9.31. The minimum atomic E-state index is -0.221. The van der Waals surface area contributed by atoms with E-state index >= 15 is 0 Å². The molecule has 1 amide bonds. The van der Waals surface area contributed by atoms with Gasteiger partial charge < -0.3 is 15.2 Å². The van der Waals surface area contributed by atoms with Crippen LogP contribution in [0.4, 0.5) is 17.1 Å². The number of nitrogens with one attached hydrogen (secondary N) is 2. The van der Waals surface area contributed by atoms with Gasteiger partial charge in [-0.1, -0.05) is 30.3 Å². The van der Waals surface area contributed by atoms with E-state index in [1.54, 1.807) is 31.5 Å². The molecular weight excluding hydrogens is 426 g/mol. The van der Waals surface area contributed by atoms with Gasteiger partial charge in [-0.3, -0.25) is 14.6 Å². The van der Waals surface area contributed by atoms with Gasteiger partial charge in [-0.2, -0.15) is 0 Å². The number of rotatable bonds is 6. The molecule has 7 heteroatoms. The molecule has 0 bridgehead atoms. The van der Waals surface area contributed by atoms with Crippen LogP contribution in [0.3, 0.4) is 0 Å². The highest BCUT2D eigenvalue weighted by atomic mass is 16.1. The highest BCUT2D eigenvalue weighted by Crippen LogP contribution is 2.38. The fraction of sp³-hybridized carbons (Fsp3) is 0.185. The normalized spacial score (nSPS) is 12.4. The zero-order chi connectivity index (χ0) is 23.5. The monoisotopic (exact) mass is 451 g/mol. The fourth-order valence-electron chi connectivity index (χ4n) is 4.41. The number of hydrogen-bond acceptors (Lipinski definition) is 5. The number of para-hydroxylation sites is 3. The predicted octanol–water partition coefficient (Wildman–Crippen LogP) is 4.41. The van der Waals surface area contributed by atoms with Crippen LogP contribution in [0, 0.1) is 6.92 Å². The van der Waals surface area contributed by atoms with Crippen molar-refractivity contribution in [2.75, 3.05) is 16.8 Å². The van der Waals surface area contributed by atoms with Gasteiger partial charge in [0.25, 0.3) is 5.56 Å². The van der Waals surface area contributed by atoms with Crippen LogP contribution in [-0.4, -0.2) is 27.4 Å². The third kappa shape index (κ3) is 4.32. The molecule has 2 N–H and O–H groups in total. The Morgan fingerprint density at radius 1 is 1.03 bits per heavy atom. The van der Waals surface area contributed by atoms with Crippen molar-refractivity contribution in [3.05, 3.63) is 100 Å². The first-order valence-corrected chi connectivity index (χ1v) is 11.3. The van der Waals surface area contributed by atoms with E-state index in [0.717, 1.165) is 29.9 Å². The van der Waals surface area contributed by atoms with Crippen LogP contribution in [-0.2, 0) is 17.6 Å². The summed E-state index contributed by atoms with van der Waals surface area (Å²) in [6.45, 7) is 2.67. The molecule has 0 saturated heterocycles. The second-order valence-electron chi connectivity index (χ2n) is 8.31. The number of nitrogens with zero attached hydrogens (tertiary/aromatic N) is 3. The van der Waals surface area contributed by atoms with Crippen molar-refractivity contribution >= 4 is 23.0 Å². The smallest absolute Gasteiger partial charge is 0.254 e. The van der Waals surface area contributed by atoms with Crippen LogP contribution in [0.5, 0.6) is 0 Å². The van der Waals surface area contributed by atoms with Gasteiger partial charge in [0.2, 0.25) is 5.91 Å². The quantitative estimate of drug-likeness (QED) is 0.453. The molecule has 3 heterocycles. The summed E-state index contributed by atoms with van der Waals surface area (Å²) in [5, 5.41) is 3.04. The van der Waals surface area contributed by atoms with Gasteiger partial charge >= 0.3 is 0 Å². The molecule has 0 radical (unpaired) electrons. The van der Waals surface area contributed by atoms with Crippen LogP contribution >= 0.6 is 0 Å². The Morgan fingerprint density at radius 2 is 1.76 bits per heavy atom. The maximum Gasteiger partial charge on any atom is 0.254 e. The van der Waals surface area contributed by atoms with Crippen LogP contribution in [0.1, 0.15) is 23.2 Å². The van der Waals surface area contributed by atoms with E-state index in [9.17, 15) is 9.59 Å². The van der Waals surface area contributed by atoms with Gasteiger partial charge in [-0.25, -0.2) is 4.98 Å². The number of anilines is 3. The van der Waals surface area contributed by atoms with E-state index < -0.39 is 0 Å². The number of benzene rings is 2. The molecular formula is C27H25N5O2. The molecule has 0 spiro atoms. The van der Waals surface area contributed by atoms with Crippen molar-refractivity contribution in [2.45, 2.75) is 26.2 Å². The number of pyridine rings is 1. The standard InChI is InChI=1S/C27H25N5O2/c1-18-21(27(34)31-26(29-18)20-12-15-28-16-13-20)10-11-25(33)30-22-7-3-5-9-24(22)32-17-14-19-6-2-4-8-23(19)32/h2-9,12-13,15-16H,10-11,14,17H2,1H3,(H,30,33)(H,29,31,34). The summed E-state index contributed by atoms with van der Waals surface area (Å²) in [7, 11) is 0. The Labute approximate surface area is 197 Å². The Hall–Kier alpha value is -4.26. The number of H-pyrrole nitrogens is 1. The van der Waals surface area contributed by atoms with Crippen LogP contribution in [0.15, 0.2) is 77.9 Å². The molecule has 1 aliphatic heterocycles. The van der Waals surface area contributed by atoms with E-state index in [-0.39, 0.29) is 17.9 Å². The van der Waals surface area contributed by atoms with Crippen molar-refractivity contribution in [3.63, 3.8) is 0 Å². The number of carbonyl (C=O) groups is 1. The molecule has 34 heavy (non-hydrogen) atoms. The van der Waals surface area contributed by atoms with Crippen molar-refractivity contribution in [1.29, 1.82) is 0 Å². The van der Waals surface area contributed by atoms with E-state index in [1.165, 1.54) is 11.3 Å². The van der Waals surface area contributed by atoms with Crippen LogP contribution in [0.25, 0.3) is 11.4 Å². The zero-order valence-corrected chi connectivity index (χ0v) is 18.9. The van der Waals surface area contributed by atoms with Gasteiger partial charge in [-0.15, -0.1) is 0 Å². The third-order valence-electron chi connectivity index (χ3n) is 6.13. The average molecular weight is 452 g/mol. The summed E-state index contributed by atoms with van der Waals surface area (Å²) in [4.78, 5) is 39.1. The molecule has 2 aromatic heterocycles. The van der Waals surface area contributed by atoms with Gasteiger partial charge in [0, 0.05) is 47.9 Å². The Morgan fingerprint density at radius 3 is 2.56 bits per heavy atom. The van der Waals surface area contributed by atoms with Gasteiger partial charge in [-0.05, 0) is 55.7 Å². The van der Waals surface area contributed by atoms with Crippen molar-refractivity contribution in [3.8, 4) is 11.4 Å². The highest BCUT2D eigenvalue weighted by Gasteiger charge is 2.22. The van der Waals surface area contributed by atoms with Gasteiger partial charge in [0.15, 0.2) is 0 Å². The predicted molar refractivity (Wildman–Crippen MR) is 133 cm³/mol. The number of fused-ring (bicyclic) bond motifs is 1. The molecule has 4 aromatic rings. The third-order valence-corrected chi connectivity index (χ3v) is 6.13. The lowest BCUT2D eigenvalue weighted by Gasteiger charge is -2.23. The summed E-state index contributed by atoms with van der Waals surface area (Å²) < 4.78 is 0. The number of aromatic nitrogens is 3. The van der Waals surface area contributed by atoms with Crippen LogP contribution in [0.2, 0.25) is 0 Å². The van der Waals surface area contributed by atoms with Crippen LogP contribution < -0.4 is 15.8 Å². The average Bonchev–Trinajstić information content (AvgIpc) is 3.28. The first-order valence-electron chi connectivity index (χ1n) is 11.3.